The molecular weight excluding hydrogens is 380 g/mol. The van der Waals surface area contributed by atoms with Crippen LogP contribution in [-0.4, -0.2) is 14.5 Å². The van der Waals surface area contributed by atoms with Gasteiger partial charge in [0.05, 0.1) is 35.9 Å². The fourth-order valence-corrected chi connectivity index (χ4v) is 4.32. The standard InChI is InChI=1S/C27H22N4/c1-19-5-2-3-6-22(19)23-7-4-8-26-24(23)13-14-31(26)27(25-17-29-18-30-25)15-20-9-11-21(16-28)12-10-20/h2-14,17-18,27H,15H2,1H3,(H,29,30). The molecule has 5 aromatic rings. The monoisotopic (exact) mass is 402 g/mol. The van der Waals surface area contributed by atoms with E-state index in [1.807, 2.05) is 30.5 Å². The van der Waals surface area contributed by atoms with E-state index in [4.69, 9.17) is 5.26 Å². The van der Waals surface area contributed by atoms with Crippen LogP contribution in [0.5, 0.6) is 0 Å². The predicted molar refractivity (Wildman–Crippen MR) is 124 cm³/mol. The molecule has 4 heteroatoms. The van der Waals surface area contributed by atoms with Crippen LogP contribution in [0.2, 0.25) is 0 Å². The third-order valence-corrected chi connectivity index (χ3v) is 5.92. The Morgan fingerprint density at radius 2 is 1.77 bits per heavy atom. The van der Waals surface area contributed by atoms with Gasteiger partial charge in [0.15, 0.2) is 0 Å². The SMILES string of the molecule is Cc1ccccc1-c1cccc2c1ccn2C(Cc1ccc(C#N)cc1)c1cnc[nH]1. The molecule has 0 aliphatic rings. The van der Waals surface area contributed by atoms with Crippen LogP contribution in [0.25, 0.3) is 22.0 Å². The Hall–Kier alpha value is -4.10. The third kappa shape index (κ3) is 3.51. The maximum absolute atomic E-state index is 9.10. The quantitative estimate of drug-likeness (QED) is 0.389. The van der Waals surface area contributed by atoms with Gasteiger partial charge in [-0.15, -0.1) is 0 Å². The van der Waals surface area contributed by atoms with Crippen molar-refractivity contribution in [1.82, 2.24) is 14.5 Å². The Kier molecular flexibility index (Phi) is 4.86. The average Bonchev–Trinajstić information content (AvgIpc) is 3.49. The normalized spacial score (nSPS) is 12.0. The second kappa shape index (κ2) is 7.97. The minimum absolute atomic E-state index is 0.0695. The number of aromatic nitrogens is 3. The van der Waals surface area contributed by atoms with E-state index in [9.17, 15) is 0 Å². The number of imidazole rings is 1. The summed E-state index contributed by atoms with van der Waals surface area (Å²) in [6.07, 6.45) is 6.59. The molecule has 0 aliphatic heterocycles. The summed E-state index contributed by atoms with van der Waals surface area (Å²) in [6, 6.07) is 27.3. The average molecular weight is 403 g/mol. The molecule has 0 aliphatic carbocycles. The summed E-state index contributed by atoms with van der Waals surface area (Å²) >= 11 is 0. The van der Waals surface area contributed by atoms with Gasteiger partial charge in [0.25, 0.3) is 0 Å². The molecule has 0 bridgehead atoms. The first kappa shape index (κ1) is 18.9. The van der Waals surface area contributed by atoms with E-state index in [0.717, 1.165) is 12.1 Å². The molecule has 0 amide bonds. The summed E-state index contributed by atoms with van der Waals surface area (Å²) in [5.74, 6) is 0. The van der Waals surface area contributed by atoms with Crippen molar-refractivity contribution in [3.63, 3.8) is 0 Å². The van der Waals surface area contributed by atoms with Crippen molar-refractivity contribution in [3.8, 4) is 17.2 Å². The molecule has 0 radical (unpaired) electrons. The second-order valence-electron chi connectivity index (χ2n) is 7.81. The number of hydrogen-bond acceptors (Lipinski definition) is 2. The van der Waals surface area contributed by atoms with Crippen LogP contribution in [-0.2, 0) is 6.42 Å². The van der Waals surface area contributed by atoms with Crippen LogP contribution in [0.4, 0.5) is 0 Å². The van der Waals surface area contributed by atoms with Gasteiger partial charge in [-0.05, 0) is 59.9 Å². The van der Waals surface area contributed by atoms with E-state index in [0.29, 0.717) is 5.56 Å². The first-order chi connectivity index (χ1) is 15.2. The number of aromatic amines is 1. The van der Waals surface area contributed by atoms with Crippen molar-refractivity contribution >= 4 is 10.9 Å². The molecule has 0 fully saturated rings. The molecule has 150 valence electrons. The Labute approximate surface area is 181 Å². The van der Waals surface area contributed by atoms with Gasteiger partial charge >= 0.3 is 0 Å². The lowest BCUT2D eigenvalue weighted by molar-refractivity contribution is 0.587. The van der Waals surface area contributed by atoms with Crippen LogP contribution in [0.1, 0.15) is 28.4 Å². The largest absolute Gasteiger partial charge is 0.347 e. The highest BCUT2D eigenvalue weighted by atomic mass is 15.0. The first-order valence-corrected chi connectivity index (χ1v) is 10.4. The molecule has 2 heterocycles. The molecule has 3 aromatic carbocycles. The topological polar surface area (TPSA) is 57.4 Å². The maximum Gasteiger partial charge on any atom is 0.0991 e. The van der Waals surface area contributed by atoms with Crippen LogP contribution >= 0.6 is 0 Å². The van der Waals surface area contributed by atoms with Gasteiger partial charge in [-0.3, -0.25) is 0 Å². The number of benzene rings is 3. The van der Waals surface area contributed by atoms with Gasteiger partial charge < -0.3 is 9.55 Å². The predicted octanol–water partition coefficient (Wildman–Crippen LogP) is 6.04. The summed E-state index contributed by atoms with van der Waals surface area (Å²) in [5, 5.41) is 10.3. The number of hydrogen-bond donors (Lipinski definition) is 1. The molecule has 5 rings (SSSR count). The molecule has 1 atom stereocenters. The van der Waals surface area contributed by atoms with E-state index in [-0.39, 0.29) is 6.04 Å². The molecule has 4 nitrogen and oxygen atoms in total. The Balaban J connectivity index is 1.62. The first-order valence-electron chi connectivity index (χ1n) is 10.4. The zero-order chi connectivity index (χ0) is 21.2. The molecular formula is C27H22N4. The van der Waals surface area contributed by atoms with Crippen molar-refractivity contribution in [2.45, 2.75) is 19.4 Å². The zero-order valence-electron chi connectivity index (χ0n) is 17.3. The summed E-state index contributed by atoms with van der Waals surface area (Å²) in [6.45, 7) is 2.16. The van der Waals surface area contributed by atoms with Gasteiger partial charge in [-0.2, -0.15) is 5.26 Å². The molecule has 0 saturated heterocycles. The molecule has 0 spiro atoms. The lowest BCUT2D eigenvalue weighted by Crippen LogP contribution is -2.13. The number of nitrogens with zero attached hydrogens (tertiary/aromatic N) is 3. The van der Waals surface area contributed by atoms with E-state index < -0.39 is 0 Å². The smallest absolute Gasteiger partial charge is 0.0991 e. The van der Waals surface area contributed by atoms with Gasteiger partial charge in [-0.1, -0.05) is 48.5 Å². The Morgan fingerprint density at radius 1 is 0.968 bits per heavy atom. The molecule has 1 N–H and O–H groups in total. The number of nitriles is 1. The molecule has 31 heavy (non-hydrogen) atoms. The summed E-state index contributed by atoms with van der Waals surface area (Å²) in [7, 11) is 0. The Morgan fingerprint density at radius 3 is 2.52 bits per heavy atom. The van der Waals surface area contributed by atoms with E-state index in [1.165, 1.54) is 33.2 Å². The Bertz CT molecular complexity index is 1370. The highest BCUT2D eigenvalue weighted by molar-refractivity contribution is 5.96. The molecule has 1 unspecified atom stereocenters. The van der Waals surface area contributed by atoms with E-state index >= 15 is 0 Å². The summed E-state index contributed by atoms with van der Waals surface area (Å²) < 4.78 is 2.32. The van der Waals surface area contributed by atoms with Gasteiger partial charge in [0, 0.05) is 17.1 Å². The lowest BCUT2D eigenvalue weighted by atomic mass is 9.97. The summed E-state index contributed by atoms with van der Waals surface area (Å²) in [4.78, 5) is 7.57. The highest BCUT2D eigenvalue weighted by Crippen LogP contribution is 2.34. The highest BCUT2D eigenvalue weighted by Gasteiger charge is 2.19. The number of nitrogens with one attached hydrogen (secondary N) is 1. The summed E-state index contributed by atoms with van der Waals surface area (Å²) in [5.41, 5.74) is 7.88. The molecule has 0 saturated carbocycles. The van der Waals surface area contributed by atoms with E-state index in [2.05, 4.69) is 82.3 Å². The van der Waals surface area contributed by atoms with E-state index in [1.54, 1.807) is 6.33 Å². The zero-order valence-corrected chi connectivity index (χ0v) is 17.3. The lowest BCUT2D eigenvalue weighted by Gasteiger charge is -2.20. The third-order valence-electron chi connectivity index (χ3n) is 5.92. The van der Waals surface area contributed by atoms with Crippen molar-refractivity contribution < 1.29 is 0 Å². The minimum Gasteiger partial charge on any atom is -0.347 e. The number of H-pyrrole nitrogens is 1. The van der Waals surface area contributed by atoms with Crippen molar-refractivity contribution in [1.29, 1.82) is 5.26 Å². The maximum atomic E-state index is 9.10. The van der Waals surface area contributed by atoms with Crippen LogP contribution < -0.4 is 0 Å². The van der Waals surface area contributed by atoms with Crippen molar-refractivity contribution in [2.24, 2.45) is 0 Å². The van der Waals surface area contributed by atoms with Gasteiger partial charge in [-0.25, -0.2) is 4.98 Å². The van der Waals surface area contributed by atoms with Gasteiger partial charge in [0.2, 0.25) is 0 Å². The van der Waals surface area contributed by atoms with Gasteiger partial charge in [0.1, 0.15) is 0 Å². The van der Waals surface area contributed by atoms with Crippen LogP contribution in [0.15, 0.2) is 91.5 Å². The fraction of sp³-hybridized carbons (Fsp3) is 0.111. The van der Waals surface area contributed by atoms with Crippen LogP contribution in [0, 0.1) is 18.3 Å². The number of aryl methyl sites for hydroxylation is 1. The fourth-order valence-electron chi connectivity index (χ4n) is 4.32. The van der Waals surface area contributed by atoms with Crippen LogP contribution in [0.3, 0.4) is 0 Å². The van der Waals surface area contributed by atoms with Crippen molar-refractivity contribution in [3.05, 3.63) is 114 Å². The molecule has 2 aromatic heterocycles. The minimum atomic E-state index is 0.0695. The second-order valence-corrected chi connectivity index (χ2v) is 7.81. The van der Waals surface area contributed by atoms with Crippen molar-refractivity contribution in [2.75, 3.05) is 0 Å². The number of fused-ring (bicyclic) bond motifs is 1. The number of rotatable bonds is 5.